The highest BCUT2D eigenvalue weighted by molar-refractivity contribution is 7.05. The lowest BCUT2D eigenvalue weighted by molar-refractivity contribution is 0.498. The van der Waals surface area contributed by atoms with Crippen LogP contribution in [0.25, 0.3) is 0 Å². The summed E-state index contributed by atoms with van der Waals surface area (Å²) in [4.78, 5) is 1.34. The zero-order chi connectivity index (χ0) is 13.9. The minimum Gasteiger partial charge on any atom is -0.312 e. The van der Waals surface area contributed by atoms with Gasteiger partial charge in [0.15, 0.2) is 0 Å². The van der Waals surface area contributed by atoms with Crippen LogP contribution in [0.2, 0.25) is 0 Å². The molecule has 1 N–H and O–H groups in total. The standard InChI is InChI=1S/C15H29N3S/c1-4-6-7-8-9-10-11-12-14(16-3)15-13(5-2)17-18-19-15/h14,16H,4-12H2,1-3H3. The Kier molecular flexibility index (Phi) is 9.01. The summed E-state index contributed by atoms with van der Waals surface area (Å²) in [6.07, 6.45) is 11.8. The topological polar surface area (TPSA) is 37.8 Å². The predicted octanol–water partition coefficient (Wildman–Crippen LogP) is 4.50. The molecule has 1 atom stereocenters. The van der Waals surface area contributed by atoms with Gasteiger partial charge in [-0.1, -0.05) is 63.3 Å². The van der Waals surface area contributed by atoms with E-state index in [1.165, 1.54) is 61.9 Å². The van der Waals surface area contributed by atoms with E-state index in [4.69, 9.17) is 0 Å². The number of rotatable bonds is 11. The predicted molar refractivity (Wildman–Crippen MR) is 83.7 cm³/mol. The van der Waals surface area contributed by atoms with E-state index in [0.29, 0.717) is 6.04 Å². The van der Waals surface area contributed by atoms with Gasteiger partial charge >= 0.3 is 0 Å². The molecule has 0 aliphatic heterocycles. The third kappa shape index (κ3) is 6.00. The molecule has 0 aliphatic rings. The van der Waals surface area contributed by atoms with Gasteiger partial charge in [0, 0.05) is 6.04 Å². The van der Waals surface area contributed by atoms with Gasteiger partial charge in [-0.3, -0.25) is 0 Å². The van der Waals surface area contributed by atoms with Crippen LogP contribution in [0.5, 0.6) is 0 Å². The maximum Gasteiger partial charge on any atom is 0.0800 e. The number of unbranched alkanes of at least 4 members (excludes halogenated alkanes) is 6. The summed E-state index contributed by atoms with van der Waals surface area (Å²) >= 11 is 1.56. The van der Waals surface area contributed by atoms with Crippen molar-refractivity contribution in [3.63, 3.8) is 0 Å². The van der Waals surface area contributed by atoms with Crippen LogP contribution in [0.3, 0.4) is 0 Å². The van der Waals surface area contributed by atoms with Crippen LogP contribution < -0.4 is 5.32 Å². The molecule has 4 heteroatoms. The first kappa shape index (κ1) is 16.6. The summed E-state index contributed by atoms with van der Waals surface area (Å²) in [5.74, 6) is 0. The first-order valence-electron chi connectivity index (χ1n) is 7.81. The normalized spacial score (nSPS) is 12.8. The zero-order valence-electron chi connectivity index (χ0n) is 12.7. The van der Waals surface area contributed by atoms with E-state index in [-0.39, 0.29) is 0 Å². The highest BCUT2D eigenvalue weighted by atomic mass is 32.1. The van der Waals surface area contributed by atoms with Gasteiger partial charge in [-0.25, -0.2) is 0 Å². The molecule has 1 rings (SSSR count). The molecule has 19 heavy (non-hydrogen) atoms. The van der Waals surface area contributed by atoms with E-state index < -0.39 is 0 Å². The third-order valence-electron chi connectivity index (χ3n) is 3.68. The summed E-state index contributed by atoms with van der Waals surface area (Å²) in [5, 5.41) is 7.63. The summed E-state index contributed by atoms with van der Waals surface area (Å²) in [5.41, 5.74) is 1.17. The van der Waals surface area contributed by atoms with Crippen molar-refractivity contribution in [1.29, 1.82) is 0 Å². The molecule has 0 radical (unpaired) electrons. The van der Waals surface area contributed by atoms with Crippen molar-refractivity contribution in [2.24, 2.45) is 0 Å². The molecule has 3 nitrogen and oxygen atoms in total. The van der Waals surface area contributed by atoms with Gasteiger partial charge < -0.3 is 5.32 Å². The molecule has 0 fully saturated rings. The minimum atomic E-state index is 0.450. The lowest BCUT2D eigenvalue weighted by atomic mass is 10.0. The minimum absolute atomic E-state index is 0.450. The summed E-state index contributed by atoms with van der Waals surface area (Å²) in [7, 11) is 2.05. The lowest BCUT2D eigenvalue weighted by Gasteiger charge is -2.14. The summed E-state index contributed by atoms with van der Waals surface area (Å²) in [6, 6.07) is 0.450. The molecule has 0 aromatic carbocycles. The lowest BCUT2D eigenvalue weighted by Crippen LogP contribution is -2.16. The highest BCUT2D eigenvalue weighted by Crippen LogP contribution is 2.25. The van der Waals surface area contributed by atoms with Crippen molar-refractivity contribution < 1.29 is 0 Å². The van der Waals surface area contributed by atoms with E-state index in [2.05, 4.69) is 28.8 Å². The van der Waals surface area contributed by atoms with Gasteiger partial charge in [0.1, 0.15) is 0 Å². The van der Waals surface area contributed by atoms with E-state index in [1.807, 2.05) is 7.05 Å². The van der Waals surface area contributed by atoms with Crippen molar-refractivity contribution >= 4 is 11.5 Å². The fourth-order valence-corrected chi connectivity index (χ4v) is 3.32. The van der Waals surface area contributed by atoms with Crippen molar-refractivity contribution in [2.75, 3.05) is 7.05 Å². The molecule has 1 aromatic heterocycles. The fourth-order valence-electron chi connectivity index (χ4n) is 2.44. The Bertz CT molecular complexity index is 325. The van der Waals surface area contributed by atoms with Gasteiger partial charge in [0.2, 0.25) is 0 Å². The second kappa shape index (κ2) is 10.3. The van der Waals surface area contributed by atoms with Crippen LogP contribution in [0.1, 0.15) is 81.8 Å². The smallest absolute Gasteiger partial charge is 0.0800 e. The van der Waals surface area contributed by atoms with Gasteiger partial charge in [-0.05, 0) is 31.4 Å². The molecule has 1 unspecified atom stereocenters. The SMILES string of the molecule is CCCCCCCCCC(NC)c1snnc1CC. The Morgan fingerprint density at radius 2 is 1.74 bits per heavy atom. The molecule has 0 spiro atoms. The highest BCUT2D eigenvalue weighted by Gasteiger charge is 2.16. The second-order valence-electron chi connectivity index (χ2n) is 5.19. The first-order chi connectivity index (χ1) is 9.33. The third-order valence-corrected chi connectivity index (χ3v) is 4.56. The maximum atomic E-state index is 4.21. The molecule has 0 saturated heterocycles. The number of nitrogens with one attached hydrogen (secondary N) is 1. The molecular formula is C15H29N3S. The van der Waals surface area contributed by atoms with E-state index in [9.17, 15) is 0 Å². The van der Waals surface area contributed by atoms with Crippen molar-refractivity contribution in [1.82, 2.24) is 14.9 Å². The van der Waals surface area contributed by atoms with Crippen molar-refractivity contribution in [3.8, 4) is 0 Å². The van der Waals surface area contributed by atoms with Gasteiger partial charge in [-0.15, -0.1) is 5.10 Å². The maximum absolute atomic E-state index is 4.21. The number of aromatic nitrogens is 2. The van der Waals surface area contributed by atoms with Gasteiger partial charge in [0.05, 0.1) is 10.6 Å². The summed E-state index contributed by atoms with van der Waals surface area (Å²) < 4.78 is 4.09. The quantitative estimate of drug-likeness (QED) is 0.608. The molecule has 0 bridgehead atoms. The Hall–Kier alpha value is -0.480. The summed E-state index contributed by atoms with van der Waals surface area (Å²) in [6.45, 7) is 4.42. The molecular weight excluding hydrogens is 254 g/mol. The Balaban J connectivity index is 2.22. The monoisotopic (exact) mass is 283 g/mol. The second-order valence-corrected chi connectivity index (χ2v) is 5.97. The number of aryl methyl sites for hydroxylation is 1. The molecule has 0 amide bonds. The van der Waals surface area contributed by atoms with Crippen LogP contribution in [0.4, 0.5) is 0 Å². The Morgan fingerprint density at radius 3 is 2.37 bits per heavy atom. The molecule has 1 heterocycles. The largest absolute Gasteiger partial charge is 0.312 e. The van der Waals surface area contributed by atoms with Crippen LogP contribution in [-0.2, 0) is 6.42 Å². The number of nitrogens with zero attached hydrogens (tertiary/aromatic N) is 2. The van der Waals surface area contributed by atoms with Crippen molar-refractivity contribution in [2.45, 2.75) is 77.7 Å². The Morgan fingerprint density at radius 1 is 1.05 bits per heavy atom. The van der Waals surface area contributed by atoms with Crippen LogP contribution >= 0.6 is 11.5 Å². The van der Waals surface area contributed by atoms with E-state index in [0.717, 1.165) is 6.42 Å². The van der Waals surface area contributed by atoms with Gasteiger partial charge in [0.25, 0.3) is 0 Å². The average Bonchev–Trinajstić information content (AvgIpc) is 2.90. The molecule has 110 valence electrons. The molecule has 0 aliphatic carbocycles. The van der Waals surface area contributed by atoms with Crippen LogP contribution in [-0.4, -0.2) is 16.6 Å². The van der Waals surface area contributed by atoms with Gasteiger partial charge in [-0.2, -0.15) is 0 Å². The number of hydrogen-bond acceptors (Lipinski definition) is 4. The van der Waals surface area contributed by atoms with E-state index in [1.54, 1.807) is 11.5 Å². The van der Waals surface area contributed by atoms with Crippen LogP contribution in [0.15, 0.2) is 0 Å². The first-order valence-corrected chi connectivity index (χ1v) is 8.59. The molecule has 0 saturated carbocycles. The molecule has 1 aromatic rings. The average molecular weight is 283 g/mol. The Labute approximate surface area is 122 Å². The van der Waals surface area contributed by atoms with Crippen molar-refractivity contribution in [3.05, 3.63) is 10.6 Å². The number of hydrogen-bond donors (Lipinski definition) is 1. The van der Waals surface area contributed by atoms with E-state index >= 15 is 0 Å². The van der Waals surface area contributed by atoms with Crippen LogP contribution in [0, 0.1) is 0 Å². The zero-order valence-corrected chi connectivity index (χ0v) is 13.6. The fraction of sp³-hybridized carbons (Fsp3) is 0.867.